The van der Waals surface area contributed by atoms with Crippen LogP contribution in [-0.4, -0.2) is 69.4 Å². The fraction of sp³-hybridized carbons (Fsp3) is 0.370. The molecule has 5 rings (SSSR count). The molecular formula is C27H27ClF3N7O3. The van der Waals surface area contributed by atoms with Crippen molar-refractivity contribution in [3.8, 4) is 17.1 Å². The molecule has 3 atom stereocenters. The number of para-hydroxylation sites is 1. The zero-order valence-corrected chi connectivity index (χ0v) is 22.9. The molecule has 1 aliphatic rings. The van der Waals surface area contributed by atoms with E-state index >= 15 is 0 Å². The van der Waals surface area contributed by atoms with Gasteiger partial charge in [-0.1, -0.05) is 23.7 Å². The fourth-order valence-corrected chi connectivity index (χ4v) is 5.13. The third kappa shape index (κ3) is 5.77. The topological polar surface area (TPSA) is 111 Å². The molecule has 14 heteroatoms. The fourth-order valence-electron chi connectivity index (χ4n) is 5.01. The molecule has 0 radical (unpaired) electrons. The van der Waals surface area contributed by atoms with E-state index in [1.807, 2.05) is 18.7 Å². The van der Waals surface area contributed by atoms with Gasteiger partial charge in [-0.2, -0.15) is 13.2 Å². The molecule has 1 saturated heterocycles. The monoisotopic (exact) mass is 589 g/mol. The Kier molecular flexibility index (Phi) is 7.75. The zero-order chi connectivity index (χ0) is 29.5. The van der Waals surface area contributed by atoms with Crippen molar-refractivity contribution in [1.82, 2.24) is 34.0 Å². The van der Waals surface area contributed by atoms with Crippen molar-refractivity contribution in [1.29, 1.82) is 0 Å². The normalized spacial score (nSPS) is 18.2. The van der Waals surface area contributed by atoms with E-state index in [9.17, 15) is 27.9 Å². The smallest absolute Gasteiger partial charge is 0.382 e. The van der Waals surface area contributed by atoms with Gasteiger partial charge >= 0.3 is 11.9 Å². The quantitative estimate of drug-likeness (QED) is 0.350. The van der Waals surface area contributed by atoms with E-state index in [1.165, 1.54) is 35.3 Å². The van der Waals surface area contributed by atoms with Crippen molar-refractivity contribution in [3.63, 3.8) is 0 Å². The standard InChI is InChI=1S/C27H27ClF3N7O3/c1-16-7-8-17(2)38(16)25(40)20-5-3-4-6-21(20)37-15-32-23(33-37)14-36-26(41)35(13-22(39)27(29,30)31)24(34-36)18-9-11-19(28)12-10-18/h3-6,9-12,15-17,22,39H,7-8,13-14H2,1-2H3. The molecule has 4 aromatic rings. The summed E-state index contributed by atoms with van der Waals surface area (Å²) in [5, 5.41) is 18.7. The highest BCUT2D eigenvalue weighted by molar-refractivity contribution is 6.30. The summed E-state index contributed by atoms with van der Waals surface area (Å²) < 4.78 is 42.5. The summed E-state index contributed by atoms with van der Waals surface area (Å²) in [5.41, 5.74) is 0.380. The summed E-state index contributed by atoms with van der Waals surface area (Å²) in [4.78, 5) is 32.7. The predicted octanol–water partition coefficient (Wildman–Crippen LogP) is 3.93. The molecule has 216 valence electrons. The lowest BCUT2D eigenvalue weighted by atomic mass is 10.1. The Morgan fingerprint density at radius 3 is 2.39 bits per heavy atom. The van der Waals surface area contributed by atoms with Crippen molar-refractivity contribution in [2.75, 3.05) is 0 Å². The molecule has 1 N–H and O–H groups in total. The summed E-state index contributed by atoms with van der Waals surface area (Å²) in [6.45, 7) is 2.71. The summed E-state index contributed by atoms with van der Waals surface area (Å²) in [6, 6.07) is 13.2. The average Bonchev–Trinajstić information content (AvgIpc) is 3.62. The number of rotatable bonds is 7. The number of hydrogen-bond acceptors (Lipinski definition) is 6. The van der Waals surface area contributed by atoms with Crippen molar-refractivity contribution >= 4 is 17.5 Å². The molecule has 2 aromatic carbocycles. The second kappa shape index (κ2) is 11.1. The molecule has 1 amide bonds. The molecule has 10 nitrogen and oxygen atoms in total. The molecule has 3 heterocycles. The molecule has 2 aromatic heterocycles. The van der Waals surface area contributed by atoms with Gasteiger partial charge in [0.1, 0.15) is 12.9 Å². The number of carbonyl (C=O) groups is 1. The van der Waals surface area contributed by atoms with Crippen LogP contribution in [0, 0.1) is 0 Å². The number of nitrogens with zero attached hydrogens (tertiary/aromatic N) is 7. The summed E-state index contributed by atoms with van der Waals surface area (Å²) >= 11 is 5.94. The van der Waals surface area contributed by atoms with Crippen LogP contribution in [0.25, 0.3) is 17.1 Å². The van der Waals surface area contributed by atoms with Crippen LogP contribution >= 0.6 is 11.6 Å². The highest BCUT2D eigenvalue weighted by Crippen LogP contribution is 2.28. The third-order valence-corrected chi connectivity index (χ3v) is 7.41. The van der Waals surface area contributed by atoms with Crippen molar-refractivity contribution in [3.05, 3.63) is 81.8 Å². The van der Waals surface area contributed by atoms with Crippen LogP contribution in [0.1, 0.15) is 42.9 Å². The van der Waals surface area contributed by atoms with Gasteiger partial charge in [0.2, 0.25) is 0 Å². The van der Waals surface area contributed by atoms with Crippen LogP contribution in [0.15, 0.2) is 59.7 Å². The average molecular weight is 590 g/mol. The lowest BCUT2D eigenvalue weighted by Crippen LogP contribution is -2.39. The van der Waals surface area contributed by atoms with E-state index in [4.69, 9.17) is 11.6 Å². The Hall–Kier alpha value is -3.97. The molecule has 3 unspecified atom stereocenters. The van der Waals surface area contributed by atoms with Crippen molar-refractivity contribution in [2.24, 2.45) is 0 Å². The minimum absolute atomic E-state index is 0.0841. The van der Waals surface area contributed by atoms with Gasteiger partial charge in [0.25, 0.3) is 5.91 Å². The molecule has 1 aliphatic heterocycles. The largest absolute Gasteiger partial charge is 0.416 e. The lowest BCUT2D eigenvalue weighted by molar-refractivity contribution is -0.207. The number of amides is 1. The van der Waals surface area contributed by atoms with Crippen LogP contribution in [0.4, 0.5) is 13.2 Å². The summed E-state index contributed by atoms with van der Waals surface area (Å²) in [7, 11) is 0. The van der Waals surface area contributed by atoms with Gasteiger partial charge in [0.15, 0.2) is 17.8 Å². The van der Waals surface area contributed by atoms with Crippen molar-refractivity contribution in [2.45, 2.75) is 64.1 Å². The van der Waals surface area contributed by atoms with Gasteiger partial charge in [-0.25, -0.2) is 19.1 Å². The maximum atomic E-state index is 13.5. The lowest BCUT2D eigenvalue weighted by Gasteiger charge is -2.27. The van der Waals surface area contributed by atoms with Gasteiger partial charge in [-0.15, -0.1) is 10.2 Å². The summed E-state index contributed by atoms with van der Waals surface area (Å²) in [6.07, 6.45) is -4.48. The predicted molar refractivity (Wildman–Crippen MR) is 144 cm³/mol. The van der Waals surface area contributed by atoms with Crippen LogP contribution in [0.5, 0.6) is 0 Å². The van der Waals surface area contributed by atoms with E-state index in [-0.39, 0.29) is 36.2 Å². The molecular weight excluding hydrogens is 563 g/mol. The van der Waals surface area contributed by atoms with E-state index in [0.29, 0.717) is 21.8 Å². The minimum atomic E-state index is -4.94. The maximum absolute atomic E-state index is 13.5. The van der Waals surface area contributed by atoms with E-state index in [2.05, 4.69) is 15.2 Å². The Labute approximate surface area is 237 Å². The van der Waals surface area contributed by atoms with Gasteiger partial charge in [0.05, 0.1) is 17.8 Å². The highest BCUT2D eigenvalue weighted by Gasteiger charge is 2.39. The molecule has 0 bridgehead atoms. The number of hydrogen-bond donors (Lipinski definition) is 1. The van der Waals surface area contributed by atoms with Crippen LogP contribution < -0.4 is 5.69 Å². The number of aliphatic hydroxyl groups is 1. The van der Waals surface area contributed by atoms with Gasteiger partial charge < -0.3 is 10.0 Å². The Balaban J connectivity index is 1.47. The number of alkyl halides is 3. The second-order valence-electron chi connectivity index (χ2n) is 10.0. The number of carbonyl (C=O) groups excluding carboxylic acids is 1. The van der Waals surface area contributed by atoms with E-state index in [0.717, 1.165) is 22.1 Å². The van der Waals surface area contributed by atoms with Gasteiger partial charge in [0, 0.05) is 22.7 Å². The second-order valence-corrected chi connectivity index (χ2v) is 10.5. The first-order chi connectivity index (χ1) is 19.4. The molecule has 0 spiro atoms. The number of benzene rings is 2. The first-order valence-corrected chi connectivity index (χ1v) is 13.3. The Bertz CT molecular complexity index is 1600. The molecule has 0 aliphatic carbocycles. The Morgan fingerprint density at radius 1 is 1.07 bits per heavy atom. The first-order valence-electron chi connectivity index (χ1n) is 12.9. The highest BCUT2D eigenvalue weighted by atomic mass is 35.5. The van der Waals surface area contributed by atoms with E-state index in [1.54, 1.807) is 24.3 Å². The third-order valence-electron chi connectivity index (χ3n) is 7.16. The minimum Gasteiger partial charge on any atom is -0.382 e. The number of aliphatic hydroxyl groups excluding tert-OH is 1. The number of likely N-dealkylation sites (tertiary alicyclic amines) is 1. The van der Waals surface area contributed by atoms with E-state index < -0.39 is 24.5 Å². The number of aromatic nitrogens is 6. The first kappa shape index (κ1) is 28.6. The maximum Gasteiger partial charge on any atom is 0.416 e. The van der Waals surface area contributed by atoms with Gasteiger partial charge in [-0.05, 0) is 63.1 Å². The van der Waals surface area contributed by atoms with Crippen LogP contribution in [0.3, 0.4) is 0 Å². The zero-order valence-electron chi connectivity index (χ0n) is 22.2. The van der Waals surface area contributed by atoms with Crippen LogP contribution in [0.2, 0.25) is 5.02 Å². The van der Waals surface area contributed by atoms with Crippen LogP contribution in [-0.2, 0) is 13.1 Å². The van der Waals surface area contributed by atoms with Crippen molar-refractivity contribution < 1.29 is 23.1 Å². The molecule has 1 fully saturated rings. The molecule has 41 heavy (non-hydrogen) atoms. The Morgan fingerprint density at radius 2 is 1.73 bits per heavy atom. The van der Waals surface area contributed by atoms with Gasteiger partial charge in [-0.3, -0.25) is 9.36 Å². The summed E-state index contributed by atoms with van der Waals surface area (Å²) in [5.74, 6) is -0.0685. The SMILES string of the molecule is CC1CCC(C)N1C(=O)c1ccccc1-n1cnc(Cn2nc(-c3ccc(Cl)cc3)n(CC(O)C(F)(F)F)c2=O)n1. The molecule has 0 saturated carbocycles. The number of halogens is 4.